The molecule has 0 atom stereocenters. The number of nitrogens with one attached hydrogen (secondary N) is 1. The van der Waals surface area contributed by atoms with Gasteiger partial charge >= 0.3 is 0 Å². The van der Waals surface area contributed by atoms with Gasteiger partial charge in [0, 0.05) is 25.6 Å². The average Bonchev–Trinajstić information content (AvgIpc) is 2.14. The first-order valence-electron chi connectivity index (χ1n) is 5.25. The molecule has 100 valence electrons. The molecule has 0 aliphatic rings. The molecule has 0 fully saturated rings. The predicted octanol–water partition coefficient (Wildman–Crippen LogP) is 1.03. The van der Waals surface area contributed by atoms with Crippen molar-refractivity contribution in [2.75, 3.05) is 26.7 Å². The van der Waals surface area contributed by atoms with Crippen LogP contribution in [0.2, 0.25) is 0 Å². The molecule has 0 aliphatic carbocycles. The first kappa shape index (κ1) is 21.3. The van der Waals surface area contributed by atoms with Crippen molar-refractivity contribution in [1.82, 2.24) is 10.2 Å². The lowest BCUT2D eigenvalue weighted by molar-refractivity contribution is -0.121. The van der Waals surface area contributed by atoms with Gasteiger partial charge in [0.2, 0.25) is 5.91 Å². The van der Waals surface area contributed by atoms with Crippen LogP contribution in [0.1, 0.15) is 26.7 Å². The molecule has 0 aliphatic heterocycles. The number of nitrogens with two attached hydrogens (primary N) is 1. The van der Waals surface area contributed by atoms with Crippen molar-refractivity contribution in [1.29, 1.82) is 0 Å². The third-order valence-electron chi connectivity index (χ3n) is 2.28. The van der Waals surface area contributed by atoms with E-state index in [9.17, 15) is 4.79 Å². The van der Waals surface area contributed by atoms with Crippen molar-refractivity contribution in [3.8, 4) is 0 Å². The summed E-state index contributed by atoms with van der Waals surface area (Å²) in [7, 11) is 2.05. The van der Waals surface area contributed by atoms with Crippen LogP contribution in [-0.4, -0.2) is 43.5 Å². The summed E-state index contributed by atoms with van der Waals surface area (Å²) in [4.78, 5) is 13.4. The molecule has 4 nitrogen and oxygen atoms in total. The van der Waals surface area contributed by atoms with Crippen LogP contribution in [0.15, 0.2) is 0 Å². The SMILES string of the molecule is CC(C)N(C)CCNC(=O)CCCN.Cl.Cl. The van der Waals surface area contributed by atoms with Gasteiger partial charge < -0.3 is 16.0 Å². The van der Waals surface area contributed by atoms with Crippen molar-refractivity contribution in [2.24, 2.45) is 5.73 Å². The second-order valence-corrected chi connectivity index (χ2v) is 3.82. The van der Waals surface area contributed by atoms with Crippen LogP contribution in [0, 0.1) is 0 Å². The molecule has 0 bridgehead atoms. The summed E-state index contributed by atoms with van der Waals surface area (Å²) >= 11 is 0. The van der Waals surface area contributed by atoms with Gasteiger partial charge in [-0.05, 0) is 33.9 Å². The number of rotatable bonds is 7. The van der Waals surface area contributed by atoms with E-state index in [4.69, 9.17) is 5.73 Å². The molecule has 0 aromatic heterocycles. The van der Waals surface area contributed by atoms with Crippen LogP contribution in [0.5, 0.6) is 0 Å². The maximum atomic E-state index is 11.2. The van der Waals surface area contributed by atoms with Gasteiger partial charge in [-0.25, -0.2) is 0 Å². The van der Waals surface area contributed by atoms with Gasteiger partial charge in [-0.15, -0.1) is 24.8 Å². The Balaban J connectivity index is -0.000000845. The quantitative estimate of drug-likeness (QED) is 0.729. The van der Waals surface area contributed by atoms with E-state index in [0.717, 1.165) is 19.5 Å². The van der Waals surface area contributed by atoms with E-state index in [-0.39, 0.29) is 30.7 Å². The summed E-state index contributed by atoms with van der Waals surface area (Å²) in [6, 6.07) is 0.524. The van der Waals surface area contributed by atoms with E-state index < -0.39 is 0 Å². The summed E-state index contributed by atoms with van der Waals surface area (Å²) < 4.78 is 0. The molecule has 0 rings (SSSR count). The van der Waals surface area contributed by atoms with Gasteiger partial charge in [0.25, 0.3) is 0 Å². The van der Waals surface area contributed by atoms with Gasteiger partial charge in [0.05, 0.1) is 0 Å². The fourth-order valence-electron chi connectivity index (χ4n) is 0.981. The Morgan fingerprint density at radius 1 is 1.38 bits per heavy atom. The third-order valence-corrected chi connectivity index (χ3v) is 2.28. The Morgan fingerprint density at radius 3 is 2.38 bits per heavy atom. The van der Waals surface area contributed by atoms with Gasteiger partial charge in [-0.3, -0.25) is 4.79 Å². The molecule has 1 amide bonds. The van der Waals surface area contributed by atoms with E-state index >= 15 is 0 Å². The Labute approximate surface area is 111 Å². The molecular formula is C10H25Cl2N3O. The molecule has 0 aromatic carbocycles. The fourth-order valence-corrected chi connectivity index (χ4v) is 0.981. The molecule has 0 unspecified atom stereocenters. The maximum Gasteiger partial charge on any atom is 0.220 e. The van der Waals surface area contributed by atoms with Crippen LogP contribution < -0.4 is 11.1 Å². The predicted molar refractivity (Wildman–Crippen MR) is 73.6 cm³/mol. The van der Waals surface area contributed by atoms with Crippen LogP contribution in [0.3, 0.4) is 0 Å². The van der Waals surface area contributed by atoms with Crippen LogP contribution in [-0.2, 0) is 4.79 Å². The Kier molecular flexibility index (Phi) is 17.3. The Bertz CT molecular complexity index is 168. The molecule has 0 saturated carbocycles. The summed E-state index contributed by atoms with van der Waals surface area (Å²) in [5.41, 5.74) is 5.31. The molecule has 0 saturated heterocycles. The highest BCUT2D eigenvalue weighted by molar-refractivity contribution is 5.85. The molecular weight excluding hydrogens is 249 g/mol. The lowest BCUT2D eigenvalue weighted by Gasteiger charge is -2.20. The molecule has 6 heteroatoms. The highest BCUT2D eigenvalue weighted by atomic mass is 35.5. The lowest BCUT2D eigenvalue weighted by atomic mass is 10.3. The number of carbonyl (C=O) groups excluding carboxylic acids is 1. The van der Waals surface area contributed by atoms with Crippen LogP contribution in [0.4, 0.5) is 0 Å². The minimum atomic E-state index is 0. The van der Waals surface area contributed by atoms with Crippen LogP contribution >= 0.6 is 24.8 Å². The highest BCUT2D eigenvalue weighted by Gasteiger charge is 2.03. The van der Waals surface area contributed by atoms with E-state index in [1.165, 1.54) is 0 Å². The first-order valence-corrected chi connectivity index (χ1v) is 5.25. The minimum absolute atomic E-state index is 0. The first-order chi connectivity index (χ1) is 6.57. The zero-order valence-corrected chi connectivity index (χ0v) is 12.0. The van der Waals surface area contributed by atoms with E-state index in [2.05, 4.69) is 31.1 Å². The van der Waals surface area contributed by atoms with E-state index in [0.29, 0.717) is 19.0 Å². The minimum Gasteiger partial charge on any atom is -0.355 e. The largest absolute Gasteiger partial charge is 0.355 e. The average molecular weight is 274 g/mol. The number of hydrogen-bond acceptors (Lipinski definition) is 3. The second kappa shape index (κ2) is 13.0. The van der Waals surface area contributed by atoms with Crippen molar-refractivity contribution >= 4 is 30.7 Å². The second-order valence-electron chi connectivity index (χ2n) is 3.82. The number of nitrogens with zero attached hydrogens (tertiary/aromatic N) is 1. The zero-order chi connectivity index (χ0) is 11.0. The summed E-state index contributed by atoms with van der Waals surface area (Å²) in [5, 5.41) is 2.87. The molecule has 0 heterocycles. The Hall–Kier alpha value is -0.0300. The molecule has 0 spiro atoms. The molecule has 16 heavy (non-hydrogen) atoms. The summed E-state index contributed by atoms with van der Waals surface area (Å²) in [6.07, 6.45) is 1.31. The third kappa shape index (κ3) is 12.0. The van der Waals surface area contributed by atoms with Crippen molar-refractivity contribution in [2.45, 2.75) is 32.7 Å². The standard InChI is InChI=1S/C10H23N3O.2ClH/c1-9(2)13(3)8-7-12-10(14)5-4-6-11;;/h9H,4-8,11H2,1-3H3,(H,12,14);2*1H. The summed E-state index contributed by atoms with van der Waals surface area (Å²) in [6.45, 7) is 6.47. The van der Waals surface area contributed by atoms with Gasteiger partial charge in [-0.2, -0.15) is 0 Å². The number of halogens is 2. The smallest absolute Gasteiger partial charge is 0.220 e. The topological polar surface area (TPSA) is 58.4 Å². The highest BCUT2D eigenvalue weighted by Crippen LogP contribution is 1.91. The fraction of sp³-hybridized carbons (Fsp3) is 0.900. The molecule has 0 radical (unpaired) electrons. The van der Waals surface area contributed by atoms with Crippen molar-refractivity contribution < 1.29 is 4.79 Å². The van der Waals surface area contributed by atoms with E-state index in [1.807, 2.05) is 0 Å². The molecule has 3 N–H and O–H groups in total. The van der Waals surface area contributed by atoms with Crippen molar-refractivity contribution in [3.63, 3.8) is 0 Å². The van der Waals surface area contributed by atoms with Crippen molar-refractivity contribution in [3.05, 3.63) is 0 Å². The van der Waals surface area contributed by atoms with Gasteiger partial charge in [0.1, 0.15) is 0 Å². The van der Waals surface area contributed by atoms with Gasteiger partial charge in [-0.1, -0.05) is 0 Å². The zero-order valence-electron chi connectivity index (χ0n) is 10.4. The monoisotopic (exact) mass is 273 g/mol. The lowest BCUT2D eigenvalue weighted by Crippen LogP contribution is -2.36. The number of likely N-dealkylation sites (N-methyl/N-ethyl adjacent to an activating group) is 1. The van der Waals surface area contributed by atoms with E-state index in [1.54, 1.807) is 0 Å². The van der Waals surface area contributed by atoms with Gasteiger partial charge in [0.15, 0.2) is 0 Å². The maximum absolute atomic E-state index is 11.2. The summed E-state index contributed by atoms with van der Waals surface area (Å²) in [5.74, 6) is 0.104. The van der Waals surface area contributed by atoms with Crippen LogP contribution in [0.25, 0.3) is 0 Å². The number of carbonyl (C=O) groups is 1. The Morgan fingerprint density at radius 2 is 1.94 bits per heavy atom. The number of hydrogen-bond donors (Lipinski definition) is 2. The number of amides is 1. The normalized spacial score (nSPS) is 9.62. The molecule has 0 aromatic rings.